The summed E-state index contributed by atoms with van der Waals surface area (Å²) in [6, 6.07) is 71.4. The SMILES string of the molecule is C.CCN(Cc1ccc([N+](=O)[O-])cc1)c1ccc(C(=C2C=CC(=[N+](CC)Cc3ccc([N+](=O)[O-])cc3)C=C2)c2ccc(S(=O)(=O)[O-])cc2S(=O)(=O)O)cc1.CCN(Cc1ccc([N+](=O)[O-])cc1)c1ccc(C(c2ccc(N(CC)Cc3ccc([N+](=O)[O-])cc3)cc2)c2ccc(S(=O)(=O)O)cc2S(=O)(=O)O)cc1.CCN(Cc1ccc([N+](=O)[O-])cc1)c1ccccc1.CS(=O)(=O)O.O=Cc1ccc(S(=O)(=O)O)cc1S(=O)(=O)[O-].[Na+].[Na+]. The largest absolute Gasteiger partial charge is 1.00 e. The van der Waals surface area contributed by atoms with E-state index in [0.29, 0.717) is 98.6 Å². The molecule has 0 heterocycles. The van der Waals surface area contributed by atoms with Crippen molar-refractivity contribution in [2.45, 2.75) is 110 Å². The number of hydrogen-bond acceptors (Lipinski definition) is 31. The summed E-state index contributed by atoms with van der Waals surface area (Å²) in [5.41, 5.74) is 11.0. The zero-order chi connectivity index (χ0) is 108. The Morgan fingerprint density at radius 2 is 0.651 bits per heavy atom. The van der Waals surface area contributed by atoms with E-state index in [1.165, 1.54) is 60.7 Å². The quantitative estimate of drug-likeness (QED) is 0.00463. The van der Waals surface area contributed by atoms with Crippen molar-refractivity contribution in [2.75, 3.05) is 58.6 Å². The van der Waals surface area contributed by atoms with Crippen LogP contribution in [-0.2, 0) is 104 Å². The van der Waals surface area contributed by atoms with Gasteiger partial charge in [-0.15, -0.1) is 0 Å². The summed E-state index contributed by atoms with van der Waals surface area (Å²) in [6.45, 7) is 15.7. The third kappa shape index (κ3) is 36.3. The summed E-state index contributed by atoms with van der Waals surface area (Å²) in [5, 5.41) is 54.9. The number of anilines is 4. The number of nitrogens with zero attached hydrogens (tertiary/aromatic N) is 10. The van der Waals surface area contributed by atoms with Crippen molar-refractivity contribution in [3.05, 3.63) is 421 Å². The van der Waals surface area contributed by atoms with Crippen molar-refractivity contribution >= 4 is 140 Å². The van der Waals surface area contributed by atoms with Crippen LogP contribution in [0.25, 0.3) is 5.57 Å². The summed E-state index contributed by atoms with van der Waals surface area (Å²) in [5.74, 6) is -0.833. The Balaban J connectivity index is 0.000000328. The fourth-order valence-corrected chi connectivity index (χ4v) is 18.8. The molecular weight excluding hydrogens is 2100 g/mol. The van der Waals surface area contributed by atoms with Gasteiger partial charge >= 0.3 is 59.1 Å². The van der Waals surface area contributed by atoms with E-state index in [2.05, 4.69) is 24.0 Å². The second-order valence-electron chi connectivity index (χ2n) is 31.8. The average molecular weight is 2200 g/mol. The summed E-state index contributed by atoms with van der Waals surface area (Å²) in [4.78, 5) is 66.7. The van der Waals surface area contributed by atoms with Crippen molar-refractivity contribution in [2.24, 2.45) is 0 Å². The number of hydrogen-bond donors (Lipinski definition) is 5. The van der Waals surface area contributed by atoms with E-state index in [0.717, 1.165) is 99.7 Å². The molecular formula is C98H99N10Na2O32S7+. The first-order valence-corrected chi connectivity index (χ1v) is 53.8. The van der Waals surface area contributed by atoms with Crippen LogP contribution in [0.15, 0.2) is 338 Å². The second kappa shape index (κ2) is 54.8. The molecule has 0 saturated carbocycles. The predicted octanol–water partition coefficient (Wildman–Crippen LogP) is 10.9. The number of allylic oxidation sites excluding steroid dienone is 5. The molecule has 12 aromatic rings. The van der Waals surface area contributed by atoms with Crippen LogP contribution in [0.3, 0.4) is 0 Å². The van der Waals surface area contributed by atoms with Gasteiger partial charge in [-0.1, -0.05) is 123 Å². The number of nitro benzene ring substituents is 5. The van der Waals surface area contributed by atoms with Crippen LogP contribution in [0.4, 0.5) is 51.2 Å². The normalized spacial score (nSPS) is 11.7. The van der Waals surface area contributed by atoms with E-state index in [-0.39, 0.29) is 117 Å². The van der Waals surface area contributed by atoms with Gasteiger partial charge in [0.1, 0.15) is 31.7 Å². The fourth-order valence-electron chi connectivity index (χ4n) is 15.0. The Labute approximate surface area is 904 Å². The number of carbonyl (C=O) groups excluding carboxylic acids is 1. The van der Waals surface area contributed by atoms with Gasteiger partial charge in [0.2, 0.25) is 0 Å². The molecule has 0 aromatic heterocycles. The molecule has 0 bridgehead atoms. The monoisotopic (exact) mass is 2200 g/mol. The van der Waals surface area contributed by atoms with Gasteiger partial charge in [0, 0.05) is 171 Å². The molecule has 1 aliphatic rings. The first-order valence-electron chi connectivity index (χ1n) is 43.4. The minimum atomic E-state index is -5.07. The maximum absolute atomic E-state index is 12.7. The summed E-state index contributed by atoms with van der Waals surface area (Å²) < 4.78 is 230. The molecule has 0 saturated heterocycles. The van der Waals surface area contributed by atoms with Crippen molar-refractivity contribution in [1.29, 1.82) is 0 Å². The van der Waals surface area contributed by atoms with E-state index < -0.39 is 131 Å². The van der Waals surface area contributed by atoms with Gasteiger partial charge in [0.15, 0.2) is 18.5 Å². The van der Waals surface area contributed by atoms with Crippen LogP contribution in [0.5, 0.6) is 0 Å². The Morgan fingerprint density at radius 1 is 0.349 bits per heavy atom. The molecule has 0 radical (unpaired) electrons. The number of non-ortho nitro benzene ring substituents is 5. The molecule has 51 heteroatoms. The third-order valence-electron chi connectivity index (χ3n) is 22.2. The zero-order valence-corrected chi connectivity index (χ0v) is 89.9. The van der Waals surface area contributed by atoms with Gasteiger partial charge < -0.3 is 28.7 Å². The molecule has 0 aliphatic heterocycles. The van der Waals surface area contributed by atoms with Crippen LogP contribution >= 0.6 is 0 Å². The standard InChI is InChI=1S/C37H36N4O10S2.C37H34N4O10S2.C15H16N2O2.C7H6O7S2.CH4O3S.CH4.2Na/c2*1-3-38(24-26-5-13-32(14-6-26)40(42)43)30-17-9-28(10-18-30)37(35-22-21-34(52(46,47)48)23-36(35)53(49,50)51)29-11-19-31(20-12-29)39(4-2)25-27-7-15-33(16-8-27)41(44)45;1-2-16(14-6-4-3-5-7-14)12-13-8-10-15(11-9-13)17(18)19;8-4-5-1-2-6(15(9,10)11)3-7(5)16(12,13)14;1-5(2,3)4;;;/h5-23,37H,3-4,24-25H2,1-2H3,(H,46,47,48)(H,49,50,51);5-23H,3-4,24-25H2,1-2H3,(H-,46,47,48,49,50,51);3-11H,2,12H2,1H3;1-4H,(H,9,10,11)(H,12,13,14);1H3,(H,2,3,4);1H4;;/q;;;;;;2*+1/p-1. The van der Waals surface area contributed by atoms with E-state index >= 15 is 0 Å². The van der Waals surface area contributed by atoms with Crippen molar-refractivity contribution in [3.8, 4) is 0 Å². The summed E-state index contributed by atoms with van der Waals surface area (Å²) in [7, 11) is -33.2. The van der Waals surface area contributed by atoms with Crippen molar-refractivity contribution < 1.29 is 184 Å². The molecule has 42 nitrogen and oxygen atoms in total. The van der Waals surface area contributed by atoms with Crippen LogP contribution in [-0.4, -0.2) is 171 Å². The van der Waals surface area contributed by atoms with Gasteiger partial charge in [-0.05, 0) is 206 Å². The van der Waals surface area contributed by atoms with Crippen LogP contribution in [0.2, 0.25) is 0 Å². The topological polar surface area (TPSA) is 635 Å². The van der Waals surface area contributed by atoms with E-state index in [1.54, 1.807) is 109 Å². The molecule has 5 N–H and O–H groups in total. The molecule has 12 aromatic carbocycles. The van der Waals surface area contributed by atoms with Gasteiger partial charge in [0.05, 0.1) is 55.3 Å². The Hall–Kier alpha value is -13.2. The number of carbonyl (C=O) groups is 1. The number of para-hydroxylation sites is 1. The molecule has 0 amide bonds. The fraction of sp³-hybridized carbons (Fsp3) is 0.184. The zero-order valence-electron chi connectivity index (χ0n) is 80.2. The Bertz CT molecular complexity index is 7680. The smallest absolute Gasteiger partial charge is 0.744 e. The maximum Gasteiger partial charge on any atom is 1.00 e. The van der Waals surface area contributed by atoms with Crippen LogP contribution in [0.1, 0.15) is 114 Å². The number of benzene rings is 12. The van der Waals surface area contributed by atoms with E-state index in [1.807, 2.05) is 126 Å². The molecule has 13 rings (SSSR count). The van der Waals surface area contributed by atoms with Crippen molar-refractivity contribution in [3.63, 3.8) is 0 Å². The summed E-state index contributed by atoms with van der Waals surface area (Å²) in [6.07, 6.45) is 7.92. The van der Waals surface area contributed by atoms with Crippen molar-refractivity contribution in [1.82, 2.24) is 0 Å². The molecule has 776 valence electrons. The molecule has 0 spiro atoms. The molecule has 0 unspecified atom stereocenters. The van der Waals surface area contributed by atoms with Gasteiger partial charge in [-0.3, -0.25) is 78.1 Å². The molecule has 0 fully saturated rings. The van der Waals surface area contributed by atoms with Gasteiger partial charge in [-0.2, -0.15) is 42.1 Å². The summed E-state index contributed by atoms with van der Waals surface area (Å²) >= 11 is 0. The Kier molecular flexibility index (Phi) is 45.8. The predicted molar refractivity (Wildman–Crippen MR) is 547 cm³/mol. The minimum Gasteiger partial charge on any atom is -0.744 e. The van der Waals surface area contributed by atoms with Gasteiger partial charge in [-0.25, -0.2) is 21.4 Å². The molecule has 149 heavy (non-hydrogen) atoms. The maximum atomic E-state index is 12.7. The second-order valence-corrected chi connectivity index (χ2v) is 41.6. The van der Waals surface area contributed by atoms with E-state index in [9.17, 15) is 137 Å². The molecule has 1 aliphatic carbocycles. The van der Waals surface area contributed by atoms with E-state index in [4.69, 9.17) is 9.11 Å². The number of nitro groups is 5. The van der Waals surface area contributed by atoms with Gasteiger partial charge in [0.25, 0.3) is 79.0 Å². The van der Waals surface area contributed by atoms with Crippen LogP contribution < -0.4 is 78.7 Å². The third-order valence-corrected chi connectivity index (χ3v) is 27.4. The minimum absolute atomic E-state index is 0. The van der Waals surface area contributed by atoms with Crippen LogP contribution in [0, 0.1) is 50.6 Å². The first-order chi connectivity index (χ1) is 68.5. The average Bonchev–Trinajstić information content (AvgIpc) is 0.756. The molecule has 0 atom stereocenters. The number of rotatable bonds is 36. The Morgan fingerprint density at radius 3 is 0.946 bits per heavy atom. The number of aldehydes is 1. The first kappa shape index (κ1) is 124.